The Balaban J connectivity index is 2.12. The molecule has 1 aromatic heterocycles. The molecule has 0 fully saturated rings. The van der Waals surface area contributed by atoms with E-state index in [1.54, 1.807) is 11.7 Å². The smallest absolute Gasteiger partial charge is 0.279 e. The molecule has 2 heterocycles. The topological polar surface area (TPSA) is 73.2 Å². The van der Waals surface area contributed by atoms with E-state index < -0.39 is 0 Å². The molecular weight excluding hydrogens is 418 g/mol. The molecule has 2 aromatic rings. The van der Waals surface area contributed by atoms with Crippen LogP contribution in [0.1, 0.15) is 36.8 Å². The third kappa shape index (κ3) is 3.53. The summed E-state index contributed by atoms with van der Waals surface area (Å²) in [4.78, 5) is 29.4. The zero-order chi connectivity index (χ0) is 18.8. The van der Waals surface area contributed by atoms with Crippen LogP contribution in [-0.2, 0) is 11.8 Å². The second kappa shape index (κ2) is 7.84. The number of carbonyl (C=O) groups is 1. The number of nitrogens with zero attached hydrogens (tertiary/aromatic N) is 2. The number of carbonyl (C=O) groups excluding carboxylic acids is 1. The lowest BCUT2D eigenvalue weighted by Gasteiger charge is -2.27. The standard InChI is InChI=1S/C18H20BrN3O3S/c1-4-7-26-18-21-17(24)15-11(9-14(23)20-16(15)22(18)2)10-5-6-13(25-3)12(19)8-10/h5-6,8,11H,4,7,9H2,1-3H3,(H,20,23)/t11-/m1/s1. The number of aromatic nitrogens is 2. The van der Waals surface area contributed by atoms with Crippen LogP contribution >= 0.6 is 27.7 Å². The van der Waals surface area contributed by atoms with Crippen LogP contribution in [0.15, 0.2) is 32.6 Å². The van der Waals surface area contributed by atoms with Crippen molar-refractivity contribution >= 4 is 39.4 Å². The summed E-state index contributed by atoms with van der Waals surface area (Å²) in [5.74, 6) is 1.66. The van der Waals surface area contributed by atoms with Gasteiger partial charge in [0.05, 0.1) is 17.1 Å². The van der Waals surface area contributed by atoms with Crippen molar-refractivity contribution in [1.82, 2.24) is 9.55 Å². The van der Waals surface area contributed by atoms with Crippen LogP contribution in [0.25, 0.3) is 0 Å². The molecule has 1 aliphatic heterocycles. The van der Waals surface area contributed by atoms with Gasteiger partial charge in [-0.2, -0.15) is 4.98 Å². The lowest BCUT2D eigenvalue weighted by molar-refractivity contribution is -0.116. The summed E-state index contributed by atoms with van der Waals surface area (Å²) in [7, 11) is 3.42. The lowest BCUT2D eigenvalue weighted by atomic mass is 9.87. The Kier molecular flexibility index (Phi) is 5.72. The Bertz CT molecular complexity index is 913. The quantitative estimate of drug-likeness (QED) is 0.571. The fraction of sp³-hybridized carbons (Fsp3) is 0.389. The van der Waals surface area contributed by atoms with E-state index in [1.807, 2.05) is 25.2 Å². The van der Waals surface area contributed by atoms with E-state index in [2.05, 4.69) is 33.2 Å². The second-order valence-electron chi connectivity index (χ2n) is 6.07. The van der Waals surface area contributed by atoms with Crippen LogP contribution in [0.2, 0.25) is 0 Å². The van der Waals surface area contributed by atoms with Gasteiger partial charge in [0.1, 0.15) is 11.6 Å². The van der Waals surface area contributed by atoms with Crippen LogP contribution in [0.5, 0.6) is 5.75 Å². The first kappa shape index (κ1) is 19.0. The van der Waals surface area contributed by atoms with E-state index in [-0.39, 0.29) is 23.8 Å². The van der Waals surface area contributed by atoms with Gasteiger partial charge in [0.15, 0.2) is 5.16 Å². The van der Waals surface area contributed by atoms with Gasteiger partial charge < -0.3 is 14.6 Å². The fourth-order valence-corrected chi connectivity index (χ4v) is 4.42. The molecule has 1 N–H and O–H groups in total. The molecule has 0 saturated carbocycles. The van der Waals surface area contributed by atoms with Crippen LogP contribution < -0.4 is 15.6 Å². The van der Waals surface area contributed by atoms with Crippen LogP contribution in [-0.4, -0.2) is 28.3 Å². The molecule has 8 heteroatoms. The van der Waals surface area contributed by atoms with Crippen molar-refractivity contribution in [2.75, 3.05) is 18.2 Å². The number of hydrogen-bond acceptors (Lipinski definition) is 5. The van der Waals surface area contributed by atoms with Gasteiger partial charge in [0, 0.05) is 25.1 Å². The van der Waals surface area contributed by atoms with E-state index in [9.17, 15) is 9.59 Å². The Morgan fingerprint density at radius 1 is 1.42 bits per heavy atom. The number of benzene rings is 1. The minimum atomic E-state index is -0.336. The number of anilines is 1. The number of hydrogen-bond donors (Lipinski definition) is 1. The molecule has 1 aliphatic rings. The van der Waals surface area contributed by atoms with Crippen LogP contribution in [0.4, 0.5) is 5.82 Å². The first-order valence-corrected chi connectivity index (χ1v) is 10.1. The van der Waals surface area contributed by atoms with Crippen molar-refractivity contribution in [3.63, 3.8) is 0 Å². The predicted molar refractivity (Wildman–Crippen MR) is 106 cm³/mol. The monoisotopic (exact) mass is 437 g/mol. The zero-order valence-electron chi connectivity index (χ0n) is 14.8. The number of halogens is 1. The van der Waals surface area contributed by atoms with Gasteiger partial charge in [-0.05, 0) is 40.0 Å². The highest BCUT2D eigenvalue weighted by Gasteiger charge is 2.32. The molecule has 3 rings (SSSR count). The fourth-order valence-electron chi connectivity index (χ4n) is 3.04. The number of ether oxygens (including phenoxy) is 1. The summed E-state index contributed by atoms with van der Waals surface area (Å²) < 4.78 is 7.85. The highest BCUT2D eigenvalue weighted by atomic mass is 79.9. The molecular formula is C18H20BrN3O3S. The summed E-state index contributed by atoms with van der Waals surface area (Å²) in [5, 5.41) is 3.48. The number of methoxy groups -OCH3 is 1. The maximum absolute atomic E-state index is 12.8. The predicted octanol–water partition coefficient (Wildman–Crippen LogP) is 3.53. The molecule has 1 amide bonds. The van der Waals surface area contributed by atoms with Gasteiger partial charge in [-0.1, -0.05) is 24.8 Å². The van der Waals surface area contributed by atoms with Crippen molar-refractivity contribution in [2.45, 2.75) is 30.8 Å². The summed E-state index contributed by atoms with van der Waals surface area (Å²) in [6.45, 7) is 2.07. The third-order valence-corrected chi connectivity index (χ3v) is 6.17. The van der Waals surface area contributed by atoms with Crippen molar-refractivity contribution in [2.24, 2.45) is 7.05 Å². The molecule has 0 aliphatic carbocycles. The molecule has 138 valence electrons. The number of thioether (sulfide) groups is 1. The van der Waals surface area contributed by atoms with Gasteiger partial charge in [0.25, 0.3) is 5.56 Å². The van der Waals surface area contributed by atoms with Gasteiger partial charge in [-0.15, -0.1) is 0 Å². The number of amides is 1. The summed E-state index contributed by atoms with van der Waals surface area (Å²) >= 11 is 4.99. The van der Waals surface area contributed by atoms with E-state index in [1.165, 1.54) is 11.8 Å². The van der Waals surface area contributed by atoms with E-state index >= 15 is 0 Å². The van der Waals surface area contributed by atoms with Gasteiger partial charge >= 0.3 is 0 Å². The van der Waals surface area contributed by atoms with Gasteiger partial charge in [0.2, 0.25) is 5.91 Å². The Morgan fingerprint density at radius 2 is 2.19 bits per heavy atom. The van der Waals surface area contributed by atoms with Gasteiger partial charge in [-0.25, -0.2) is 0 Å². The second-order valence-corrected chi connectivity index (χ2v) is 7.98. The summed E-state index contributed by atoms with van der Waals surface area (Å²) in [6, 6.07) is 5.61. The summed E-state index contributed by atoms with van der Waals surface area (Å²) in [5.41, 5.74) is 1.13. The number of rotatable bonds is 5. The van der Waals surface area contributed by atoms with Crippen molar-refractivity contribution in [3.8, 4) is 5.75 Å². The van der Waals surface area contributed by atoms with Crippen LogP contribution in [0.3, 0.4) is 0 Å². The van der Waals surface area contributed by atoms with Crippen molar-refractivity contribution in [3.05, 3.63) is 44.2 Å². The average Bonchev–Trinajstić information content (AvgIpc) is 2.62. The van der Waals surface area contributed by atoms with Crippen molar-refractivity contribution < 1.29 is 9.53 Å². The normalized spacial score (nSPS) is 16.2. The Labute approximate surface area is 164 Å². The SMILES string of the molecule is CCCSc1nc(=O)c2c(n1C)NC(=O)C[C@@H]2c1ccc(OC)c(Br)c1. The van der Waals surface area contributed by atoms with Crippen molar-refractivity contribution in [1.29, 1.82) is 0 Å². The first-order valence-electron chi connectivity index (χ1n) is 8.33. The maximum atomic E-state index is 12.8. The molecule has 1 aromatic carbocycles. The Morgan fingerprint density at radius 3 is 2.85 bits per heavy atom. The van der Waals surface area contributed by atoms with Crippen LogP contribution in [0, 0.1) is 0 Å². The van der Waals surface area contributed by atoms with Gasteiger partial charge in [-0.3, -0.25) is 9.59 Å². The molecule has 6 nitrogen and oxygen atoms in total. The number of fused-ring (bicyclic) bond motifs is 1. The molecule has 0 bridgehead atoms. The molecule has 26 heavy (non-hydrogen) atoms. The lowest BCUT2D eigenvalue weighted by Crippen LogP contribution is -2.33. The minimum Gasteiger partial charge on any atom is -0.496 e. The van der Waals surface area contributed by atoms with E-state index in [0.29, 0.717) is 22.3 Å². The maximum Gasteiger partial charge on any atom is 0.279 e. The molecule has 0 saturated heterocycles. The number of nitrogens with one attached hydrogen (secondary N) is 1. The minimum absolute atomic E-state index is 0.109. The highest BCUT2D eigenvalue weighted by Crippen LogP contribution is 2.38. The van der Waals surface area contributed by atoms with E-state index in [0.717, 1.165) is 22.2 Å². The van der Waals surface area contributed by atoms with E-state index in [4.69, 9.17) is 4.74 Å². The largest absolute Gasteiger partial charge is 0.496 e. The molecule has 0 spiro atoms. The zero-order valence-corrected chi connectivity index (χ0v) is 17.2. The first-order chi connectivity index (χ1) is 12.5. The highest BCUT2D eigenvalue weighted by molar-refractivity contribution is 9.10. The summed E-state index contributed by atoms with van der Waals surface area (Å²) in [6.07, 6.45) is 1.19. The average molecular weight is 438 g/mol. The molecule has 0 radical (unpaired) electrons. The Hall–Kier alpha value is -1.80. The third-order valence-electron chi connectivity index (χ3n) is 4.31. The molecule has 1 atom stereocenters. The molecule has 0 unspecified atom stereocenters.